The van der Waals surface area contributed by atoms with E-state index in [1.54, 1.807) is 48.1 Å². The van der Waals surface area contributed by atoms with Crippen LogP contribution in [0.3, 0.4) is 0 Å². The molecule has 0 atom stereocenters. The van der Waals surface area contributed by atoms with Crippen LogP contribution in [0.25, 0.3) is 11.8 Å². The van der Waals surface area contributed by atoms with Crippen molar-refractivity contribution in [3.63, 3.8) is 0 Å². The molecule has 3 rings (SSSR count). The van der Waals surface area contributed by atoms with Gasteiger partial charge < -0.3 is 10.6 Å². The summed E-state index contributed by atoms with van der Waals surface area (Å²) >= 11 is 0. The molecule has 0 spiro atoms. The molecule has 136 valence electrons. The fourth-order valence-corrected chi connectivity index (χ4v) is 2.42. The molecule has 27 heavy (non-hydrogen) atoms. The van der Waals surface area contributed by atoms with Crippen molar-refractivity contribution in [2.45, 2.75) is 13.3 Å². The number of carbonyl (C=O) groups excluding carboxylic acids is 2. The highest BCUT2D eigenvalue weighted by atomic mass is 16.2. The molecule has 0 bridgehead atoms. The van der Waals surface area contributed by atoms with Gasteiger partial charge in [-0.1, -0.05) is 31.2 Å². The molecule has 0 saturated carbocycles. The predicted molar refractivity (Wildman–Crippen MR) is 107 cm³/mol. The summed E-state index contributed by atoms with van der Waals surface area (Å²) < 4.78 is 1.75. The first-order valence-electron chi connectivity index (χ1n) is 8.63. The van der Waals surface area contributed by atoms with Crippen LogP contribution < -0.4 is 10.6 Å². The van der Waals surface area contributed by atoms with Gasteiger partial charge in [-0.05, 0) is 36.4 Å². The van der Waals surface area contributed by atoms with Crippen LogP contribution in [-0.4, -0.2) is 21.6 Å². The van der Waals surface area contributed by atoms with Crippen molar-refractivity contribution in [1.29, 1.82) is 0 Å². The Hall–Kier alpha value is -3.67. The van der Waals surface area contributed by atoms with Crippen LogP contribution in [0, 0.1) is 0 Å². The van der Waals surface area contributed by atoms with E-state index >= 15 is 0 Å². The number of hydrogen-bond acceptors (Lipinski definition) is 3. The lowest BCUT2D eigenvalue weighted by molar-refractivity contribution is -0.116. The minimum absolute atomic E-state index is 0.0752. The molecule has 6 nitrogen and oxygen atoms in total. The van der Waals surface area contributed by atoms with Crippen LogP contribution in [0.5, 0.6) is 0 Å². The zero-order valence-electron chi connectivity index (χ0n) is 14.9. The summed E-state index contributed by atoms with van der Waals surface area (Å²) in [5.41, 5.74) is 3.02. The number of nitrogens with one attached hydrogen (secondary N) is 2. The maximum Gasteiger partial charge on any atom is 0.248 e. The second-order valence-corrected chi connectivity index (χ2v) is 5.86. The van der Waals surface area contributed by atoms with Crippen molar-refractivity contribution >= 4 is 29.3 Å². The Morgan fingerprint density at radius 2 is 1.78 bits per heavy atom. The molecule has 2 amide bonds. The number of aromatic nitrogens is 2. The summed E-state index contributed by atoms with van der Waals surface area (Å²) in [5.74, 6) is -0.338. The highest BCUT2D eigenvalue weighted by molar-refractivity contribution is 6.02. The van der Waals surface area contributed by atoms with Crippen LogP contribution in [-0.2, 0) is 9.59 Å². The average Bonchev–Trinajstić information content (AvgIpc) is 3.16. The summed E-state index contributed by atoms with van der Waals surface area (Å²) in [5, 5.41) is 9.83. The molecular formula is C21H20N4O2. The number of benzene rings is 2. The van der Waals surface area contributed by atoms with Crippen molar-refractivity contribution in [2.24, 2.45) is 0 Å². The van der Waals surface area contributed by atoms with Gasteiger partial charge in [0.1, 0.15) is 0 Å². The summed E-state index contributed by atoms with van der Waals surface area (Å²) in [6, 6.07) is 16.8. The van der Waals surface area contributed by atoms with E-state index in [1.165, 1.54) is 6.08 Å². The quantitative estimate of drug-likeness (QED) is 0.655. The highest BCUT2D eigenvalue weighted by Gasteiger charge is 2.03. The van der Waals surface area contributed by atoms with Gasteiger partial charge in [0.2, 0.25) is 11.8 Å². The maximum absolute atomic E-state index is 12.1. The zero-order chi connectivity index (χ0) is 19.1. The van der Waals surface area contributed by atoms with Gasteiger partial charge in [-0.25, -0.2) is 4.68 Å². The first kappa shape index (κ1) is 18.1. The van der Waals surface area contributed by atoms with E-state index in [1.807, 2.05) is 36.5 Å². The number of carbonyl (C=O) groups is 2. The summed E-state index contributed by atoms with van der Waals surface area (Å²) in [7, 11) is 0. The Morgan fingerprint density at radius 3 is 2.52 bits per heavy atom. The number of anilines is 2. The minimum Gasteiger partial charge on any atom is -0.326 e. The Labute approximate surface area is 157 Å². The lowest BCUT2D eigenvalue weighted by Crippen LogP contribution is -2.11. The molecule has 0 fully saturated rings. The van der Waals surface area contributed by atoms with Gasteiger partial charge in [-0.15, -0.1) is 0 Å². The van der Waals surface area contributed by atoms with Gasteiger partial charge in [0.05, 0.1) is 11.9 Å². The van der Waals surface area contributed by atoms with Crippen molar-refractivity contribution in [2.75, 3.05) is 10.6 Å². The Kier molecular flexibility index (Phi) is 5.79. The Balaban J connectivity index is 1.62. The van der Waals surface area contributed by atoms with Crippen molar-refractivity contribution in [3.8, 4) is 5.69 Å². The molecule has 0 aliphatic rings. The third-order valence-electron chi connectivity index (χ3n) is 3.79. The Morgan fingerprint density at radius 1 is 1.04 bits per heavy atom. The molecule has 3 aromatic rings. The van der Waals surface area contributed by atoms with Crippen molar-refractivity contribution < 1.29 is 9.59 Å². The molecule has 0 radical (unpaired) electrons. The van der Waals surface area contributed by atoms with Gasteiger partial charge in [0, 0.05) is 35.6 Å². The maximum atomic E-state index is 12.1. The fourth-order valence-electron chi connectivity index (χ4n) is 2.42. The second-order valence-electron chi connectivity index (χ2n) is 5.86. The Bertz CT molecular complexity index is 961. The van der Waals surface area contributed by atoms with Gasteiger partial charge in [-0.2, -0.15) is 5.10 Å². The zero-order valence-corrected chi connectivity index (χ0v) is 14.9. The van der Waals surface area contributed by atoms with E-state index < -0.39 is 0 Å². The third kappa shape index (κ3) is 5.15. The van der Waals surface area contributed by atoms with Gasteiger partial charge >= 0.3 is 0 Å². The topological polar surface area (TPSA) is 76.0 Å². The fraction of sp³-hybridized carbons (Fsp3) is 0.0952. The predicted octanol–water partition coefficient (Wildman–Crippen LogP) is 3.87. The van der Waals surface area contributed by atoms with E-state index in [9.17, 15) is 9.59 Å². The van der Waals surface area contributed by atoms with E-state index in [4.69, 9.17) is 0 Å². The number of hydrogen-bond donors (Lipinski definition) is 2. The van der Waals surface area contributed by atoms with E-state index in [-0.39, 0.29) is 11.8 Å². The summed E-state index contributed by atoms with van der Waals surface area (Å²) in [4.78, 5) is 23.6. The SMILES string of the molecule is CCC(=O)Nc1cccc(NC(=O)/C=C/c2cnn(-c3ccccc3)c2)c1. The molecular weight excluding hydrogens is 340 g/mol. The standard InChI is InChI=1S/C21H20N4O2/c1-2-20(26)23-17-7-6-8-18(13-17)24-21(27)12-11-16-14-22-25(15-16)19-9-4-3-5-10-19/h3-15H,2H2,1H3,(H,23,26)(H,24,27)/b12-11+. The molecule has 0 saturated heterocycles. The monoisotopic (exact) mass is 360 g/mol. The van der Waals surface area contributed by atoms with Crippen LogP contribution in [0.15, 0.2) is 73.1 Å². The summed E-state index contributed by atoms with van der Waals surface area (Å²) in [6.07, 6.45) is 7.09. The molecule has 0 aliphatic heterocycles. The lowest BCUT2D eigenvalue weighted by atomic mass is 10.2. The van der Waals surface area contributed by atoms with E-state index in [2.05, 4.69) is 15.7 Å². The van der Waals surface area contributed by atoms with Crippen LogP contribution >= 0.6 is 0 Å². The number of para-hydroxylation sites is 1. The number of amides is 2. The van der Waals surface area contributed by atoms with Crippen LogP contribution in [0.1, 0.15) is 18.9 Å². The number of rotatable bonds is 6. The molecule has 0 unspecified atom stereocenters. The van der Waals surface area contributed by atoms with Crippen molar-refractivity contribution in [1.82, 2.24) is 9.78 Å². The van der Waals surface area contributed by atoms with Gasteiger partial charge in [0.15, 0.2) is 0 Å². The molecule has 1 aromatic heterocycles. The van der Waals surface area contributed by atoms with Gasteiger partial charge in [0.25, 0.3) is 0 Å². The largest absolute Gasteiger partial charge is 0.326 e. The molecule has 0 aliphatic carbocycles. The highest BCUT2D eigenvalue weighted by Crippen LogP contribution is 2.15. The third-order valence-corrected chi connectivity index (χ3v) is 3.79. The van der Waals surface area contributed by atoms with Crippen molar-refractivity contribution in [3.05, 3.63) is 78.6 Å². The van der Waals surface area contributed by atoms with Crippen LogP contribution in [0.2, 0.25) is 0 Å². The smallest absolute Gasteiger partial charge is 0.248 e. The van der Waals surface area contributed by atoms with Crippen LogP contribution in [0.4, 0.5) is 11.4 Å². The first-order chi connectivity index (χ1) is 13.1. The number of nitrogens with zero attached hydrogens (tertiary/aromatic N) is 2. The lowest BCUT2D eigenvalue weighted by Gasteiger charge is -2.06. The van der Waals surface area contributed by atoms with E-state index in [0.29, 0.717) is 17.8 Å². The first-order valence-corrected chi connectivity index (χ1v) is 8.63. The summed E-state index contributed by atoms with van der Waals surface area (Å²) in [6.45, 7) is 1.78. The molecule has 1 heterocycles. The second kappa shape index (κ2) is 8.62. The van der Waals surface area contributed by atoms with E-state index in [0.717, 1.165) is 11.3 Å². The minimum atomic E-state index is -0.263. The average molecular weight is 360 g/mol. The normalized spacial score (nSPS) is 10.7. The van der Waals surface area contributed by atoms with Gasteiger partial charge in [-0.3, -0.25) is 9.59 Å². The molecule has 2 aromatic carbocycles. The molecule has 6 heteroatoms. The molecule has 2 N–H and O–H groups in total.